The highest BCUT2D eigenvalue weighted by atomic mass is 16.2. The Kier molecular flexibility index (Phi) is 2.96. The third-order valence-electron chi connectivity index (χ3n) is 5.01. The number of hydrogen-bond donors (Lipinski definition) is 0. The maximum atomic E-state index is 11.3. The smallest absolute Gasteiger partial charge is 0.244 e. The fourth-order valence-electron chi connectivity index (χ4n) is 3.79. The van der Waals surface area contributed by atoms with Gasteiger partial charge in [-0.25, -0.2) is 14.8 Å². The lowest BCUT2D eigenvalue weighted by Crippen LogP contribution is -2.51. The summed E-state index contributed by atoms with van der Waals surface area (Å²) in [7, 11) is 0. The van der Waals surface area contributed by atoms with Crippen LogP contribution in [0.3, 0.4) is 0 Å². The number of fused-ring (bicyclic) bond motifs is 1. The van der Waals surface area contributed by atoms with E-state index >= 15 is 0 Å². The van der Waals surface area contributed by atoms with Crippen LogP contribution >= 0.6 is 0 Å². The van der Waals surface area contributed by atoms with Gasteiger partial charge in [0.1, 0.15) is 0 Å². The van der Waals surface area contributed by atoms with E-state index in [1.54, 1.807) is 0 Å². The third kappa shape index (κ3) is 1.76. The van der Waals surface area contributed by atoms with Crippen LogP contribution < -0.4 is 0 Å². The molecular weight excluding hydrogens is 212 g/mol. The predicted octanol–water partition coefficient (Wildman–Crippen LogP) is 3.87. The minimum atomic E-state index is -0.326. The molecule has 3 unspecified atom stereocenters. The quantitative estimate of drug-likeness (QED) is 0.715. The zero-order valence-corrected chi connectivity index (χ0v) is 11.3. The molecule has 0 aromatic heterocycles. The summed E-state index contributed by atoms with van der Waals surface area (Å²) in [4.78, 5) is 19.4. The third-order valence-corrected chi connectivity index (χ3v) is 5.01. The monoisotopic (exact) mass is 234 g/mol. The summed E-state index contributed by atoms with van der Waals surface area (Å²) < 4.78 is 0. The average molecular weight is 234 g/mol. The first-order valence-electron chi connectivity index (χ1n) is 6.63. The lowest BCUT2D eigenvalue weighted by Gasteiger charge is -2.51. The first-order chi connectivity index (χ1) is 7.96. The molecule has 0 spiro atoms. The molecule has 3 nitrogen and oxygen atoms in total. The van der Waals surface area contributed by atoms with Gasteiger partial charge in [0.2, 0.25) is 0 Å². The predicted molar refractivity (Wildman–Crippen MR) is 70.8 cm³/mol. The molecule has 17 heavy (non-hydrogen) atoms. The Morgan fingerprint density at radius 1 is 1.41 bits per heavy atom. The van der Waals surface area contributed by atoms with Gasteiger partial charge in [-0.1, -0.05) is 33.6 Å². The molecule has 0 aromatic carbocycles. The number of nitrogens with zero attached hydrogens (tertiary/aromatic N) is 2. The summed E-state index contributed by atoms with van der Waals surface area (Å²) in [5.74, 6) is 0.532. The average Bonchev–Trinajstić information content (AvgIpc) is 2.31. The SMILES string of the molecule is CCC1C(C)(CC)CCC2=NC(=O)N=CC21C. The molecule has 2 amide bonds. The molecule has 3 atom stereocenters. The molecule has 1 heterocycles. The van der Waals surface area contributed by atoms with Crippen LogP contribution in [0.2, 0.25) is 0 Å². The van der Waals surface area contributed by atoms with E-state index < -0.39 is 0 Å². The molecule has 3 heteroatoms. The largest absolute Gasteiger partial charge is 0.366 e. The van der Waals surface area contributed by atoms with Gasteiger partial charge in [-0.05, 0) is 31.1 Å². The maximum Gasteiger partial charge on any atom is 0.366 e. The van der Waals surface area contributed by atoms with Gasteiger partial charge in [0.15, 0.2) is 0 Å². The van der Waals surface area contributed by atoms with Crippen molar-refractivity contribution in [3.63, 3.8) is 0 Å². The van der Waals surface area contributed by atoms with Crippen LogP contribution in [-0.2, 0) is 0 Å². The number of aliphatic imine (C=N–C) groups is 2. The molecule has 0 saturated heterocycles. The Hall–Kier alpha value is -0.990. The Labute approximate surface area is 103 Å². The van der Waals surface area contributed by atoms with Crippen molar-refractivity contribution < 1.29 is 4.79 Å². The van der Waals surface area contributed by atoms with Gasteiger partial charge < -0.3 is 0 Å². The van der Waals surface area contributed by atoms with E-state index in [1.807, 2.05) is 6.21 Å². The molecule has 1 aliphatic heterocycles. The molecular formula is C14H22N2O. The van der Waals surface area contributed by atoms with Crippen molar-refractivity contribution in [2.45, 2.75) is 53.4 Å². The van der Waals surface area contributed by atoms with E-state index in [0.29, 0.717) is 11.3 Å². The summed E-state index contributed by atoms with van der Waals surface area (Å²) in [6.07, 6.45) is 6.22. The molecule has 0 bridgehead atoms. The summed E-state index contributed by atoms with van der Waals surface area (Å²) >= 11 is 0. The van der Waals surface area contributed by atoms with E-state index in [4.69, 9.17) is 0 Å². The summed E-state index contributed by atoms with van der Waals surface area (Å²) in [6, 6.07) is -0.326. The number of amides is 2. The van der Waals surface area contributed by atoms with Crippen molar-refractivity contribution in [2.24, 2.45) is 26.7 Å². The zero-order chi connectivity index (χ0) is 12.7. The molecule has 0 N–H and O–H groups in total. The minimum absolute atomic E-state index is 0.105. The Balaban J connectivity index is 2.44. The van der Waals surface area contributed by atoms with Crippen molar-refractivity contribution >= 4 is 18.0 Å². The van der Waals surface area contributed by atoms with Crippen molar-refractivity contribution in [1.82, 2.24) is 0 Å². The number of rotatable bonds is 2. The fourth-order valence-corrected chi connectivity index (χ4v) is 3.79. The van der Waals surface area contributed by atoms with Crippen molar-refractivity contribution in [2.75, 3.05) is 0 Å². The van der Waals surface area contributed by atoms with Crippen LogP contribution in [-0.4, -0.2) is 18.0 Å². The number of carbonyl (C=O) groups excluding carboxylic acids is 1. The van der Waals surface area contributed by atoms with Gasteiger partial charge in [0.05, 0.1) is 0 Å². The number of urea groups is 1. The van der Waals surface area contributed by atoms with Crippen LogP contribution in [0.5, 0.6) is 0 Å². The van der Waals surface area contributed by atoms with E-state index in [-0.39, 0.29) is 11.4 Å². The van der Waals surface area contributed by atoms with Gasteiger partial charge in [0.25, 0.3) is 0 Å². The van der Waals surface area contributed by atoms with E-state index in [9.17, 15) is 4.79 Å². The Bertz CT molecular complexity index is 399. The summed E-state index contributed by atoms with van der Waals surface area (Å²) in [5.41, 5.74) is 1.29. The Morgan fingerprint density at radius 3 is 2.71 bits per heavy atom. The highest BCUT2D eigenvalue weighted by Gasteiger charge is 2.50. The molecule has 0 radical (unpaired) electrons. The van der Waals surface area contributed by atoms with Crippen LogP contribution in [0, 0.1) is 16.7 Å². The van der Waals surface area contributed by atoms with E-state index in [1.165, 1.54) is 6.42 Å². The second-order valence-corrected chi connectivity index (χ2v) is 5.85. The summed E-state index contributed by atoms with van der Waals surface area (Å²) in [6.45, 7) is 9.06. The van der Waals surface area contributed by atoms with Gasteiger partial charge in [0, 0.05) is 17.3 Å². The number of hydrogen-bond acceptors (Lipinski definition) is 1. The summed E-state index contributed by atoms with van der Waals surface area (Å²) in [5, 5.41) is 0. The standard InChI is InChI=1S/C14H22N2O/c1-5-10-13(3,6-2)8-7-11-14(10,4)9-15-12(17)16-11/h9-10H,5-8H2,1-4H3. The van der Waals surface area contributed by atoms with Crippen LogP contribution in [0.1, 0.15) is 53.4 Å². The molecule has 94 valence electrons. The fraction of sp³-hybridized carbons (Fsp3) is 0.786. The van der Waals surface area contributed by atoms with Crippen LogP contribution in [0.4, 0.5) is 4.79 Å². The highest BCUT2D eigenvalue weighted by Crippen LogP contribution is 2.52. The van der Waals surface area contributed by atoms with Gasteiger partial charge in [-0.15, -0.1) is 0 Å². The Morgan fingerprint density at radius 2 is 2.12 bits per heavy atom. The molecule has 2 rings (SSSR count). The molecule has 1 aliphatic carbocycles. The van der Waals surface area contributed by atoms with Crippen molar-refractivity contribution in [3.05, 3.63) is 0 Å². The van der Waals surface area contributed by atoms with Gasteiger partial charge in [-0.2, -0.15) is 0 Å². The second-order valence-electron chi connectivity index (χ2n) is 5.85. The highest BCUT2D eigenvalue weighted by molar-refractivity contribution is 6.13. The minimum Gasteiger partial charge on any atom is -0.244 e. The maximum absolute atomic E-state index is 11.3. The van der Waals surface area contributed by atoms with E-state index in [0.717, 1.165) is 25.0 Å². The van der Waals surface area contributed by atoms with Gasteiger partial charge >= 0.3 is 6.03 Å². The zero-order valence-electron chi connectivity index (χ0n) is 11.3. The molecule has 1 saturated carbocycles. The van der Waals surface area contributed by atoms with Crippen LogP contribution in [0.15, 0.2) is 9.98 Å². The molecule has 2 aliphatic rings. The van der Waals surface area contributed by atoms with Crippen molar-refractivity contribution in [3.8, 4) is 0 Å². The van der Waals surface area contributed by atoms with Gasteiger partial charge in [-0.3, -0.25) is 0 Å². The topological polar surface area (TPSA) is 41.8 Å². The normalized spacial score (nSPS) is 41.1. The second kappa shape index (κ2) is 4.04. The first-order valence-corrected chi connectivity index (χ1v) is 6.63. The lowest BCUT2D eigenvalue weighted by molar-refractivity contribution is 0.0902. The van der Waals surface area contributed by atoms with Crippen molar-refractivity contribution in [1.29, 1.82) is 0 Å². The number of carbonyl (C=O) groups is 1. The van der Waals surface area contributed by atoms with E-state index in [2.05, 4.69) is 37.7 Å². The molecule has 0 aromatic rings. The lowest BCUT2D eigenvalue weighted by atomic mass is 9.53. The first kappa shape index (κ1) is 12.5. The van der Waals surface area contributed by atoms with Crippen LogP contribution in [0.25, 0.3) is 0 Å². The molecule has 1 fully saturated rings.